The summed E-state index contributed by atoms with van der Waals surface area (Å²) >= 11 is 0. The molecule has 0 rings (SSSR count). The fourth-order valence-corrected chi connectivity index (χ4v) is 1.25. The van der Waals surface area contributed by atoms with Crippen LogP contribution in [-0.2, 0) is 13.4 Å². The molecule has 0 radical (unpaired) electrons. The molecule has 12 heavy (non-hydrogen) atoms. The smallest absolute Gasteiger partial charge is 0.412 e. The van der Waals surface area contributed by atoms with Gasteiger partial charge in [0.05, 0.1) is 0 Å². The summed E-state index contributed by atoms with van der Waals surface area (Å²) in [6, 6.07) is 0. The van der Waals surface area contributed by atoms with Crippen molar-refractivity contribution in [2.75, 3.05) is 0 Å². The first-order valence-corrected chi connectivity index (χ1v) is 4.59. The van der Waals surface area contributed by atoms with Gasteiger partial charge < -0.3 is 36.0 Å². The summed E-state index contributed by atoms with van der Waals surface area (Å²) in [4.78, 5) is 31.0. The molecular weight excluding hydrogens is 222 g/mol. The largest absolute Gasteiger partial charge is 0.478 e. The molecule has 0 aliphatic rings. The Balaban J connectivity index is -0.000000107. The predicted octanol–water partition coefficient (Wildman–Crippen LogP) is -3.29. The van der Waals surface area contributed by atoms with E-state index in [1.165, 1.54) is 0 Å². The lowest BCUT2D eigenvalue weighted by molar-refractivity contribution is 0.225. The fraction of sp³-hybridized carbons (Fsp3) is 0. The van der Waals surface area contributed by atoms with Crippen LogP contribution in [-0.4, -0.2) is 36.0 Å². The van der Waals surface area contributed by atoms with Crippen LogP contribution >= 0.6 is 15.6 Å². The SMILES string of the molecule is O.O.O.O=P(O)(O)OP(=O)(O)O. The highest BCUT2D eigenvalue weighted by atomic mass is 31.3. The van der Waals surface area contributed by atoms with Crippen LogP contribution in [0.4, 0.5) is 0 Å². The second-order valence-corrected chi connectivity index (χ2v) is 3.68. The Bertz CT molecular complexity index is 148. The quantitative estimate of drug-likeness (QED) is 0.355. The average molecular weight is 232 g/mol. The van der Waals surface area contributed by atoms with Crippen LogP contribution in [0.1, 0.15) is 0 Å². The highest BCUT2D eigenvalue weighted by molar-refractivity contribution is 7.60. The standard InChI is InChI=1S/H4O7P2.3H2O/c1-8(2,3)7-9(4,5)6;;;/h(H2,1,2,3)(H2,4,5,6);3*1H2. The minimum atomic E-state index is -5.05. The molecule has 0 atom stereocenters. The molecule has 0 aromatic rings. The Hall–Kier alpha value is 0.140. The zero-order valence-corrected chi connectivity index (χ0v) is 7.20. The van der Waals surface area contributed by atoms with Crippen LogP contribution in [0.5, 0.6) is 0 Å². The van der Waals surface area contributed by atoms with Crippen molar-refractivity contribution in [1.29, 1.82) is 0 Å². The summed E-state index contributed by atoms with van der Waals surface area (Å²) < 4.78 is 22.2. The van der Waals surface area contributed by atoms with E-state index in [4.69, 9.17) is 19.6 Å². The molecule has 10 nitrogen and oxygen atoms in total. The van der Waals surface area contributed by atoms with Gasteiger partial charge in [-0.1, -0.05) is 0 Å². The third-order valence-electron chi connectivity index (χ3n) is 0.213. The van der Waals surface area contributed by atoms with Gasteiger partial charge in [0.15, 0.2) is 0 Å². The molecule has 0 aliphatic heterocycles. The Morgan fingerprint density at radius 1 is 0.750 bits per heavy atom. The van der Waals surface area contributed by atoms with Crippen molar-refractivity contribution in [2.24, 2.45) is 0 Å². The minimum Gasteiger partial charge on any atom is -0.412 e. The minimum absolute atomic E-state index is 0. The normalized spacial score (nSPS) is 10.3. The van der Waals surface area contributed by atoms with E-state index in [2.05, 4.69) is 4.31 Å². The highest BCUT2D eigenvalue weighted by Gasteiger charge is 2.27. The number of phosphoric acid groups is 2. The number of hydrogen-bond donors (Lipinski definition) is 4. The van der Waals surface area contributed by atoms with Crippen molar-refractivity contribution in [2.45, 2.75) is 0 Å². The van der Waals surface area contributed by atoms with Gasteiger partial charge in [0, 0.05) is 0 Å². The molecule has 0 fully saturated rings. The Morgan fingerprint density at radius 2 is 0.917 bits per heavy atom. The monoisotopic (exact) mass is 232 g/mol. The molecule has 80 valence electrons. The first-order valence-electron chi connectivity index (χ1n) is 1.53. The molecule has 0 saturated heterocycles. The summed E-state index contributed by atoms with van der Waals surface area (Å²) in [5.74, 6) is 0. The van der Waals surface area contributed by atoms with Gasteiger partial charge >= 0.3 is 15.6 Å². The zero-order chi connectivity index (χ0) is 7.71. The van der Waals surface area contributed by atoms with Crippen LogP contribution in [0.3, 0.4) is 0 Å². The Morgan fingerprint density at radius 3 is 0.917 bits per heavy atom. The van der Waals surface area contributed by atoms with E-state index in [-0.39, 0.29) is 16.4 Å². The lowest BCUT2D eigenvalue weighted by Crippen LogP contribution is -1.84. The highest BCUT2D eigenvalue weighted by Crippen LogP contribution is 2.53. The van der Waals surface area contributed by atoms with Gasteiger partial charge in [0.2, 0.25) is 0 Å². The zero-order valence-electron chi connectivity index (χ0n) is 5.41. The number of hydrogen-bond acceptors (Lipinski definition) is 3. The molecule has 0 aromatic heterocycles. The van der Waals surface area contributed by atoms with Crippen molar-refractivity contribution >= 4 is 15.6 Å². The van der Waals surface area contributed by atoms with Gasteiger partial charge in [-0.05, 0) is 0 Å². The predicted molar refractivity (Wildman–Crippen MR) is 36.0 cm³/mol. The number of rotatable bonds is 2. The van der Waals surface area contributed by atoms with Gasteiger partial charge in [-0.15, -0.1) is 0 Å². The van der Waals surface area contributed by atoms with Crippen LogP contribution in [0.25, 0.3) is 0 Å². The average Bonchev–Trinajstić information content (AvgIpc) is 1.14. The maximum absolute atomic E-state index is 9.63. The molecule has 0 amide bonds. The van der Waals surface area contributed by atoms with Gasteiger partial charge in [0.25, 0.3) is 0 Å². The molecule has 0 aliphatic carbocycles. The first kappa shape index (κ1) is 22.7. The van der Waals surface area contributed by atoms with Crippen molar-refractivity contribution in [1.82, 2.24) is 0 Å². The van der Waals surface area contributed by atoms with Crippen LogP contribution in [0, 0.1) is 0 Å². The topological polar surface area (TPSA) is 219 Å². The molecule has 10 N–H and O–H groups in total. The molecule has 0 spiro atoms. The molecule has 0 saturated carbocycles. The van der Waals surface area contributed by atoms with Gasteiger partial charge in [0.1, 0.15) is 0 Å². The Labute approximate surface area is 66.2 Å². The van der Waals surface area contributed by atoms with E-state index >= 15 is 0 Å². The molecule has 0 unspecified atom stereocenters. The van der Waals surface area contributed by atoms with Gasteiger partial charge in [-0.2, -0.15) is 4.31 Å². The van der Waals surface area contributed by atoms with Crippen LogP contribution in [0.2, 0.25) is 0 Å². The van der Waals surface area contributed by atoms with Crippen molar-refractivity contribution < 1.29 is 49.4 Å². The van der Waals surface area contributed by atoms with E-state index in [0.29, 0.717) is 0 Å². The van der Waals surface area contributed by atoms with E-state index in [9.17, 15) is 9.13 Å². The van der Waals surface area contributed by atoms with Crippen molar-refractivity contribution in [3.63, 3.8) is 0 Å². The molecule has 0 heterocycles. The molecule has 0 aromatic carbocycles. The van der Waals surface area contributed by atoms with E-state index < -0.39 is 15.6 Å². The van der Waals surface area contributed by atoms with E-state index in [1.54, 1.807) is 0 Å². The maximum atomic E-state index is 9.63. The molecule has 12 heteroatoms. The van der Waals surface area contributed by atoms with Gasteiger partial charge in [-0.3, -0.25) is 0 Å². The van der Waals surface area contributed by atoms with Crippen LogP contribution in [0.15, 0.2) is 0 Å². The third kappa shape index (κ3) is 22.5. The summed E-state index contributed by atoms with van der Waals surface area (Å²) in [5.41, 5.74) is 0. The summed E-state index contributed by atoms with van der Waals surface area (Å²) in [5, 5.41) is 0. The summed E-state index contributed by atoms with van der Waals surface area (Å²) in [6.07, 6.45) is 0. The second kappa shape index (κ2) is 6.63. The van der Waals surface area contributed by atoms with Crippen LogP contribution < -0.4 is 0 Å². The fourth-order valence-electron chi connectivity index (χ4n) is 0.139. The second-order valence-electron chi connectivity index (χ2n) is 1.06. The summed E-state index contributed by atoms with van der Waals surface area (Å²) in [6.45, 7) is 0. The maximum Gasteiger partial charge on any atom is 0.478 e. The first-order chi connectivity index (χ1) is 3.71. The van der Waals surface area contributed by atoms with Crippen molar-refractivity contribution in [3.8, 4) is 0 Å². The molecule has 0 bridgehead atoms. The third-order valence-corrected chi connectivity index (χ3v) is 1.91. The summed E-state index contributed by atoms with van der Waals surface area (Å²) in [7, 11) is -10.1. The molecular formula is H10O10P2. The van der Waals surface area contributed by atoms with E-state index in [1.807, 2.05) is 0 Å². The van der Waals surface area contributed by atoms with Crippen molar-refractivity contribution in [3.05, 3.63) is 0 Å². The van der Waals surface area contributed by atoms with Gasteiger partial charge in [-0.25, -0.2) is 9.13 Å². The lowest BCUT2D eigenvalue weighted by atomic mass is 15.7. The lowest BCUT2D eigenvalue weighted by Gasteiger charge is -2.03. The van der Waals surface area contributed by atoms with E-state index in [0.717, 1.165) is 0 Å². The Kier molecular flexibility index (Phi) is 12.6.